The summed E-state index contributed by atoms with van der Waals surface area (Å²) in [5.74, 6) is -1.08. The molecule has 0 amide bonds. The number of para-hydroxylation sites is 2. The topological polar surface area (TPSA) is 142 Å². The van der Waals surface area contributed by atoms with E-state index in [2.05, 4.69) is 9.97 Å². The van der Waals surface area contributed by atoms with Gasteiger partial charge in [-0.1, -0.05) is 30.4 Å². The van der Waals surface area contributed by atoms with Gasteiger partial charge in [0.25, 0.3) is 0 Å². The molecule has 1 aromatic heterocycles. The highest BCUT2D eigenvalue weighted by Gasteiger charge is 2.44. The van der Waals surface area contributed by atoms with E-state index in [0.717, 1.165) is 0 Å². The lowest BCUT2D eigenvalue weighted by atomic mass is 9.99. The molecule has 4 rings (SSSR count). The summed E-state index contributed by atoms with van der Waals surface area (Å²) in [6.07, 6.45) is -2.33. The van der Waals surface area contributed by atoms with Crippen molar-refractivity contribution >= 4 is 34.1 Å². The first kappa shape index (κ1) is 23.2. The minimum atomic E-state index is -1.41. The lowest BCUT2D eigenvalue weighted by Gasteiger charge is -2.41. The summed E-state index contributed by atoms with van der Waals surface area (Å²) in [6, 6.07) is 10.3. The highest BCUT2D eigenvalue weighted by atomic mass is 16.7. The summed E-state index contributed by atoms with van der Waals surface area (Å²) < 4.78 is 11.4. The highest BCUT2D eigenvalue weighted by Crippen LogP contribution is 2.28. The van der Waals surface area contributed by atoms with Crippen LogP contribution in [0.2, 0.25) is 0 Å². The van der Waals surface area contributed by atoms with Crippen molar-refractivity contribution in [3.05, 3.63) is 53.6 Å². The molecule has 1 fully saturated rings. The highest BCUT2D eigenvalue weighted by molar-refractivity contribution is 6.03. The van der Waals surface area contributed by atoms with E-state index < -0.39 is 42.3 Å². The maximum Gasteiger partial charge on any atom is 0.337 e. The molecular formula is C24H26N2O7. The normalized spacial score (nSPS) is 26.3. The van der Waals surface area contributed by atoms with Crippen LogP contribution in [-0.4, -0.2) is 72.7 Å². The summed E-state index contributed by atoms with van der Waals surface area (Å²) in [5, 5.41) is 39.6. The van der Waals surface area contributed by atoms with Crippen LogP contribution in [0.4, 0.5) is 0 Å². The fraction of sp³-hybridized carbons (Fsp3) is 0.375. The molecule has 1 aliphatic rings. The van der Waals surface area contributed by atoms with Gasteiger partial charge in [-0.3, -0.25) is 0 Å². The third-order valence-electron chi connectivity index (χ3n) is 5.65. The standard InChI is InChI=1S/C24H26N2O7/c1-12-19(27)20(28)21(29)23(32-12)33-24(2,3)11-10-13-6-4-8-15-17(13)26-18-14(22(30)31)7-5-9-16(18)25-15/h4-12,19-21,23,27-29H,1-3H3,(H,30,31)/b11-10+/t12-,19-,20+,21+,23-/m0/s1. The van der Waals surface area contributed by atoms with Crippen LogP contribution in [0.5, 0.6) is 0 Å². The first-order valence-electron chi connectivity index (χ1n) is 10.6. The monoisotopic (exact) mass is 454 g/mol. The third kappa shape index (κ3) is 4.59. The number of ether oxygens (including phenoxy) is 2. The molecule has 0 bridgehead atoms. The summed E-state index contributed by atoms with van der Waals surface area (Å²) in [5.41, 5.74) is 1.79. The molecular weight excluding hydrogens is 428 g/mol. The van der Waals surface area contributed by atoms with E-state index >= 15 is 0 Å². The lowest BCUT2D eigenvalue weighted by molar-refractivity contribution is -0.310. The van der Waals surface area contributed by atoms with Gasteiger partial charge < -0.3 is 29.9 Å². The molecule has 2 heterocycles. The Morgan fingerprint density at radius 3 is 2.36 bits per heavy atom. The van der Waals surface area contributed by atoms with Gasteiger partial charge >= 0.3 is 5.97 Å². The number of aliphatic hydroxyl groups excluding tert-OH is 3. The molecule has 9 nitrogen and oxygen atoms in total. The predicted molar refractivity (Wildman–Crippen MR) is 121 cm³/mol. The van der Waals surface area contributed by atoms with Gasteiger partial charge in [0.1, 0.15) is 23.8 Å². The van der Waals surface area contributed by atoms with Gasteiger partial charge in [-0.25, -0.2) is 14.8 Å². The summed E-state index contributed by atoms with van der Waals surface area (Å²) >= 11 is 0. The largest absolute Gasteiger partial charge is 0.478 e. The Balaban J connectivity index is 1.65. The zero-order chi connectivity index (χ0) is 23.9. The third-order valence-corrected chi connectivity index (χ3v) is 5.65. The van der Waals surface area contributed by atoms with E-state index in [1.807, 2.05) is 12.1 Å². The minimum absolute atomic E-state index is 0.0719. The SMILES string of the molecule is C[C@@H]1O[C@@H](OC(C)(C)/C=C/c2cccc3nc4cccc(C(=O)O)c4nc23)[C@H](O)[C@H](O)[C@H]1O. The molecule has 0 unspecified atom stereocenters. The van der Waals surface area contributed by atoms with E-state index in [0.29, 0.717) is 27.6 Å². The summed E-state index contributed by atoms with van der Waals surface area (Å²) in [7, 11) is 0. The van der Waals surface area contributed by atoms with Crippen molar-refractivity contribution in [3.8, 4) is 0 Å². The number of hydrogen-bond donors (Lipinski definition) is 4. The number of aromatic nitrogens is 2. The van der Waals surface area contributed by atoms with Crippen LogP contribution < -0.4 is 0 Å². The number of carboxylic acid groups (broad SMARTS) is 1. The Morgan fingerprint density at radius 2 is 1.67 bits per heavy atom. The van der Waals surface area contributed by atoms with Gasteiger partial charge in [0.05, 0.1) is 33.8 Å². The van der Waals surface area contributed by atoms with Crippen molar-refractivity contribution in [1.82, 2.24) is 9.97 Å². The number of benzene rings is 2. The van der Waals surface area contributed by atoms with Gasteiger partial charge in [0.2, 0.25) is 0 Å². The predicted octanol–water partition coefficient (Wildman–Crippen LogP) is 2.12. The van der Waals surface area contributed by atoms with E-state index in [9.17, 15) is 25.2 Å². The van der Waals surface area contributed by atoms with Crippen LogP contribution in [-0.2, 0) is 9.47 Å². The molecule has 33 heavy (non-hydrogen) atoms. The number of carbonyl (C=O) groups is 1. The molecule has 0 aliphatic carbocycles. The van der Waals surface area contributed by atoms with E-state index in [1.165, 1.54) is 6.07 Å². The lowest BCUT2D eigenvalue weighted by Crippen LogP contribution is -2.58. The molecule has 5 atom stereocenters. The second-order valence-corrected chi connectivity index (χ2v) is 8.65. The first-order valence-corrected chi connectivity index (χ1v) is 10.6. The van der Waals surface area contributed by atoms with Crippen molar-refractivity contribution in [2.75, 3.05) is 0 Å². The molecule has 3 aromatic rings. The Hall–Kier alpha value is -2.95. The maximum absolute atomic E-state index is 11.6. The molecule has 0 spiro atoms. The average Bonchev–Trinajstić information content (AvgIpc) is 2.77. The van der Waals surface area contributed by atoms with E-state index in [1.54, 1.807) is 51.1 Å². The zero-order valence-corrected chi connectivity index (χ0v) is 18.4. The number of aromatic carboxylic acids is 1. The number of nitrogens with zero attached hydrogens (tertiary/aromatic N) is 2. The molecule has 1 aliphatic heterocycles. The van der Waals surface area contributed by atoms with Crippen molar-refractivity contribution < 1.29 is 34.7 Å². The second kappa shape index (κ2) is 8.77. The van der Waals surface area contributed by atoms with Gasteiger partial charge in [-0.05, 0) is 39.0 Å². The molecule has 0 radical (unpaired) electrons. The smallest absolute Gasteiger partial charge is 0.337 e. The Bertz CT molecular complexity index is 1230. The fourth-order valence-corrected chi connectivity index (χ4v) is 3.79. The number of hydrogen-bond acceptors (Lipinski definition) is 8. The molecule has 1 saturated heterocycles. The maximum atomic E-state index is 11.6. The number of aliphatic hydroxyl groups is 3. The second-order valence-electron chi connectivity index (χ2n) is 8.65. The number of carboxylic acids is 1. The van der Waals surface area contributed by atoms with Gasteiger partial charge in [0, 0.05) is 5.56 Å². The number of rotatable bonds is 5. The van der Waals surface area contributed by atoms with Crippen LogP contribution in [0.1, 0.15) is 36.7 Å². The number of fused-ring (bicyclic) bond motifs is 2. The zero-order valence-electron chi connectivity index (χ0n) is 18.4. The van der Waals surface area contributed by atoms with Crippen molar-refractivity contribution in [1.29, 1.82) is 0 Å². The molecule has 9 heteroatoms. The van der Waals surface area contributed by atoms with Crippen molar-refractivity contribution in [3.63, 3.8) is 0 Å². The summed E-state index contributed by atoms with van der Waals surface area (Å²) in [4.78, 5) is 20.8. The van der Waals surface area contributed by atoms with Crippen molar-refractivity contribution in [2.24, 2.45) is 0 Å². The average molecular weight is 454 g/mol. The van der Waals surface area contributed by atoms with Crippen LogP contribution in [0.15, 0.2) is 42.5 Å². The Kier molecular flexibility index (Phi) is 6.17. The fourth-order valence-electron chi connectivity index (χ4n) is 3.79. The molecule has 2 aromatic carbocycles. The van der Waals surface area contributed by atoms with Gasteiger partial charge in [0.15, 0.2) is 6.29 Å². The molecule has 0 saturated carbocycles. The minimum Gasteiger partial charge on any atom is -0.478 e. The Labute approximate surface area is 189 Å². The van der Waals surface area contributed by atoms with E-state index in [-0.39, 0.29) is 5.56 Å². The van der Waals surface area contributed by atoms with Crippen LogP contribution >= 0.6 is 0 Å². The van der Waals surface area contributed by atoms with Gasteiger partial charge in [-0.2, -0.15) is 0 Å². The quantitative estimate of drug-likeness (QED) is 0.426. The molecule has 4 N–H and O–H groups in total. The van der Waals surface area contributed by atoms with Crippen molar-refractivity contribution in [2.45, 2.75) is 57.1 Å². The van der Waals surface area contributed by atoms with Crippen LogP contribution in [0.25, 0.3) is 28.1 Å². The van der Waals surface area contributed by atoms with Gasteiger partial charge in [-0.15, -0.1) is 0 Å². The summed E-state index contributed by atoms with van der Waals surface area (Å²) in [6.45, 7) is 5.11. The first-order chi connectivity index (χ1) is 15.6. The van der Waals surface area contributed by atoms with Crippen LogP contribution in [0.3, 0.4) is 0 Å². The molecule has 174 valence electrons. The van der Waals surface area contributed by atoms with Crippen LogP contribution in [0, 0.1) is 0 Å². The Morgan fingerprint density at radius 1 is 1.00 bits per heavy atom. The van der Waals surface area contributed by atoms with E-state index in [4.69, 9.17) is 9.47 Å².